The van der Waals surface area contributed by atoms with Crippen LogP contribution in [0.5, 0.6) is 0 Å². The van der Waals surface area contributed by atoms with Crippen LogP contribution in [0.1, 0.15) is 0 Å². The zero-order valence-electron chi connectivity index (χ0n) is 4.24. The van der Waals surface area contributed by atoms with Gasteiger partial charge in [-0.05, 0) is 22.0 Å². The second kappa shape index (κ2) is 2.39. The van der Waals surface area contributed by atoms with Crippen molar-refractivity contribution in [2.75, 3.05) is 0 Å². The molecule has 0 saturated heterocycles. The highest BCUT2D eigenvalue weighted by Gasteiger charge is 2.03. The van der Waals surface area contributed by atoms with E-state index in [-0.39, 0.29) is 4.60 Å². The SMILES string of the molecule is Fc1ccnc(Br)c1F. The molecule has 0 aromatic carbocycles. The lowest BCUT2D eigenvalue weighted by Gasteiger charge is -1.90. The van der Waals surface area contributed by atoms with E-state index < -0.39 is 11.6 Å². The number of aromatic nitrogens is 1. The van der Waals surface area contributed by atoms with Crippen molar-refractivity contribution in [1.29, 1.82) is 0 Å². The van der Waals surface area contributed by atoms with Crippen molar-refractivity contribution in [3.63, 3.8) is 0 Å². The second-order valence-corrected chi connectivity index (χ2v) is 2.15. The van der Waals surface area contributed by atoms with Gasteiger partial charge in [0.05, 0.1) is 0 Å². The van der Waals surface area contributed by atoms with Crippen LogP contribution >= 0.6 is 15.9 Å². The summed E-state index contributed by atoms with van der Waals surface area (Å²) in [5, 5.41) is 0. The average Bonchev–Trinajstić information content (AvgIpc) is 1.83. The molecule has 0 spiro atoms. The average molecular weight is 194 g/mol. The number of nitrogens with zero attached hydrogens (tertiary/aromatic N) is 1. The zero-order valence-corrected chi connectivity index (χ0v) is 5.82. The summed E-state index contributed by atoms with van der Waals surface area (Å²) < 4.78 is 24.3. The molecule has 0 amide bonds. The van der Waals surface area contributed by atoms with Crippen LogP contribution in [-0.4, -0.2) is 4.98 Å². The lowest BCUT2D eigenvalue weighted by atomic mass is 10.5. The van der Waals surface area contributed by atoms with E-state index >= 15 is 0 Å². The third-order valence-electron chi connectivity index (χ3n) is 0.800. The Labute approximate surface area is 58.8 Å². The predicted octanol–water partition coefficient (Wildman–Crippen LogP) is 2.12. The first kappa shape index (κ1) is 6.61. The van der Waals surface area contributed by atoms with Crippen LogP contribution < -0.4 is 0 Å². The summed E-state index contributed by atoms with van der Waals surface area (Å²) >= 11 is 2.72. The van der Waals surface area contributed by atoms with Crippen LogP contribution in [-0.2, 0) is 0 Å². The summed E-state index contributed by atoms with van der Waals surface area (Å²) in [5.41, 5.74) is 0. The molecule has 1 heterocycles. The van der Waals surface area contributed by atoms with Crippen molar-refractivity contribution in [3.05, 3.63) is 28.5 Å². The highest BCUT2D eigenvalue weighted by molar-refractivity contribution is 9.10. The molecule has 0 saturated carbocycles. The minimum absolute atomic E-state index is 0.0949. The third-order valence-corrected chi connectivity index (χ3v) is 1.35. The Kier molecular flexibility index (Phi) is 1.75. The van der Waals surface area contributed by atoms with Gasteiger partial charge >= 0.3 is 0 Å². The molecule has 0 fully saturated rings. The number of rotatable bonds is 0. The van der Waals surface area contributed by atoms with E-state index in [1.165, 1.54) is 6.20 Å². The van der Waals surface area contributed by atoms with Crippen molar-refractivity contribution in [3.8, 4) is 0 Å². The summed E-state index contributed by atoms with van der Waals surface area (Å²) in [5.74, 6) is -1.84. The summed E-state index contributed by atoms with van der Waals surface area (Å²) in [6, 6.07) is 0.958. The molecule has 0 aliphatic heterocycles. The topological polar surface area (TPSA) is 12.9 Å². The van der Waals surface area contributed by atoms with Crippen LogP contribution in [0.2, 0.25) is 0 Å². The molecule has 0 aliphatic carbocycles. The Hall–Kier alpha value is -0.510. The highest BCUT2D eigenvalue weighted by Crippen LogP contribution is 2.13. The summed E-state index contributed by atoms with van der Waals surface area (Å²) in [4.78, 5) is 3.44. The second-order valence-electron chi connectivity index (χ2n) is 1.40. The van der Waals surface area contributed by atoms with Gasteiger partial charge in [-0.25, -0.2) is 13.8 Å². The number of hydrogen-bond donors (Lipinski definition) is 0. The van der Waals surface area contributed by atoms with Crippen LogP contribution in [0, 0.1) is 11.6 Å². The fourth-order valence-corrected chi connectivity index (χ4v) is 0.704. The normalized spacial score (nSPS) is 9.67. The van der Waals surface area contributed by atoms with Gasteiger partial charge in [0.15, 0.2) is 11.6 Å². The van der Waals surface area contributed by atoms with E-state index in [1.807, 2.05) is 0 Å². The number of halogens is 3. The minimum atomic E-state index is -0.947. The maximum atomic E-state index is 12.2. The van der Waals surface area contributed by atoms with Gasteiger partial charge in [0.25, 0.3) is 0 Å². The molecule has 9 heavy (non-hydrogen) atoms. The molecule has 4 heteroatoms. The van der Waals surface area contributed by atoms with Gasteiger partial charge in [0, 0.05) is 6.20 Å². The molecule has 1 aromatic heterocycles. The molecule has 1 aromatic rings. The van der Waals surface area contributed by atoms with Gasteiger partial charge < -0.3 is 0 Å². The van der Waals surface area contributed by atoms with Gasteiger partial charge in [-0.1, -0.05) is 0 Å². The van der Waals surface area contributed by atoms with E-state index in [0.29, 0.717) is 0 Å². The molecule has 1 rings (SSSR count). The van der Waals surface area contributed by atoms with Crippen molar-refractivity contribution >= 4 is 15.9 Å². The van der Waals surface area contributed by atoms with Crippen LogP contribution in [0.3, 0.4) is 0 Å². The fraction of sp³-hybridized carbons (Fsp3) is 0. The van der Waals surface area contributed by atoms with Gasteiger partial charge in [-0.2, -0.15) is 0 Å². The molecule has 0 radical (unpaired) electrons. The molecular formula is C5H2BrF2N. The Balaban J connectivity index is 3.25. The number of pyridine rings is 1. The molecule has 0 aliphatic rings. The van der Waals surface area contributed by atoms with E-state index in [1.54, 1.807) is 0 Å². The molecule has 0 N–H and O–H groups in total. The summed E-state index contributed by atoms with van der Waals surface area (Å²) in [7, 11) is 0. The van der Waals surface area contributed by atoms with Crippen molar-refractivity contribution in [2.24, 2.45) is 0 Å². The molecule has 0 unspecified atom stereocenters. The first-order chi connectivity index (χ1) is 4.22. The van der Waals surface area contributed by atoms with Gasteiger partial charge in [-0.15, -0.1) is 0 Å². The molecular weight excluding hydrogens is 192 g/mol. The monoisotopic (exact) mass is 193 g/mol. The van der Waals surface area contributed by atoms with Crippen molar-refractivity contribution < 1.29 is 8.78 Å². The van der Waals surface area contributed by atoms with Gasteiger partial charge in [0.2, 0.25) is 0 Å². The standard InChI is InChI=1S/C5H2BrF2N/c6-5-4(8)3(7)1-2-9-5/h1-2H. The Morgan fingerprint density at radius 1 is 1.44 bits per heavy atom. The molecule has 1 nitrogen and oxygen atoms in total. The summed E-state index contributed by atoms with van der Waals surface area (Å²) in [6.45, 7) is 0. The number of hydrogen-bond acceptors (Lipinski definition) is 1. The van der Waals surface area contributed by atoms with E-state index in [4.69, 9.17) is 0 Å². The van der Waals surface area contributed by atoms with Gasteiger partial charge in [0.1, 0.15) is 4.60 Å². The van der Waals surface area contributed by atoms with Crippen LogP contribution in [0.4, 0.5) is 8.78 Å². The zero-order chi connectivity index (χ0) is 6.85. The van der Waals surface area contributed by atoms with E-state index in [9.17, 15) is 8.78 Å². The molecule has 0 bridgehead atoms. The van der Waals surface area contributed by atoms with Crippen molar-refractivity contribution in [2.45, 2.75) is 0 Å². The Bertz CT molecular complexity index is 206. The van der Waals surface area contributed by atoms with Gasteiger partial charge in [-0.3, -0.25) is 0 Å². The largest absolute Gasteiger partial charge is 0.246 e. The van der Waals surface area contributed by atoms with Crippen molar-refractivity contribution in [1.82, 2.24) is 4.98 Å². The highest BCUT2D eigenvalue weighted by atomic mass is 79.9. The molecule has 48 valence electrons. The first-order valence-corrected chi connectivity index (χ1v) is 2.96. The maximum Gasteiger partial charge on any atom is 0.191 e. The first-order valence-electron chi connectivity index (χ1n) is 2.17. The maximum absolute atomic E-state index is 12.2. The minimum Gasteiger partial charge on any atom is -0.246 e. The Morgan fingerprint density at radius 2 is 2.11 bits per heavy atom. The molecule has 0 atom stereocenters. The van der Waals surface area contributed by atoms with E-state index in [2.05, 4.69) is 20.9 Å². The Morgan fingerprint density at radius 3 is 2.56 bits per heavy atom. The quantitative estimate of drug-likeness (QED) is 0.576. The van der Waals surface area contributed by atoms with Crippen LogP contribution in [0.25, 0.3) is 0 Å². The van der Waals surface area contributed by atoms with E-state index in [0.717, 1.165) is 6.07 Å². The lowest BCUT2D eigenvalue weighted by molar-refractivity contribution is 0.498. The third kappa shape index (κ3) is 1.24. The fourth-order valence-electron chi connectivity index (χ4n) is 0.397. The smallest absolute Gasteiger partial charge is 0.191 e. The lowest BCUT2D eigenvalue weighted by Crippen LogP contribution is -1.86. The predicted molar refractivity (Wildman–Crippen MR) is 31.9 cm³/mol. The summed E-state index contributed by atoms with van der Waals surface area (Å²) in [6.07, 6.45) is 1.18. The van der Waals surface area contributed by atoms with Crippen LogP contribution in [0.15, 0.2) is 16.9 Å².